The van der Waals surface area contributed by atoms with E-state index in [0.717, 1.165) is 44.9 Å². The van der Waals surface area contributed by atoms with Crippen LogP contribution in [0.5, 0.6) is 0 Å². The fraction of sp³-hybridized carbons (Fsp3) is 0.879. The number of aliphatic hydroxyl groups excluding tert-OH is 2. The molecule has 0 aliphatic carbocycles. The Morgan fingerprint density at radius 2 is 0.694 bits per heavy atom. The smallest absolute Gasteiger partial charge is 0.305 e. The first-order chi connectivity index (χ1) is 35.5. The van der Waals surface area contributed by atoms with Crippen molar-refractivity contribution in [2.24, 2.45) is 0 Å². The van der Waals surface area contributed by atoms with Gasteiger partial charge in [-0.25, -0.2) is 0 Å². The molecular formula is C66H125NO5. The van der Waals surface area contributed by atoms with Gasteiger partial charge in [0.1, 0.15) is 0 Å². The lowest BCUT2D eigenvalue weighted by atomic mass is 10.0. The van der Waals surface area contributed by atoms with Crippen LogP contribution in [0.2, 0.25) is 0 Å². The van der Waals surface area contributed by atoms with Gasteiger partial charge in [0.15, 0.2) is 0 Å². The first-order valence-electron chi connectivity index (χ1n) is 32.3. The predicted octanol–water partition coefficient (Wildman–Crippen LogP) is 20.4. The van der Waals surface area contributed by atoms with Crippen molar-refractivity contribution in [2.45, 2.75) is 360 Å². The summed E-state index contributed by atoms with van der Waals surface area (Å²) in [5, 5.41) is 23.1. The average molecular weight is 1010 g/mol. The quantitative estimate of drug-likeness (QED) is 0.0320. The maximum Gasteiger partial charge on any atom is 0.305 e. The van der Waals surface area contributed by atoms with Gasteiger partial charge in [0, 0.05) is 12.8 Å². The molecule has 3 N–H and O–H groups in total. The number of carbonyl (C=O) groups excluding carboxylic acids is 2. The van der Waals surface area contributed by atoms with Gasteiger partial charge in [0.25, 0.3) is 0 Å². The van der Waals surface area contributed by atoms with E-state index in [2.05, 4.69) is 43.5 Å². The van der Waals surface area contributed by atoms with E-state index in [4.69, 9.17) is 4.74 Å². The summed E-state index contributed by atoms with van der Waals surface area (Å²) in [6.45, 7) is 4.92. The molecule has 6 nitrogen and oxygen atoms in total. The summed E-state index contributed by atoms with van der Waals surface area (Å²) < 4.78 is 5.49. The lowest BCUT2D eigenvalue weighted by Gasteiger charge is -2.20. The molecule has 0 aliphatic rings. The van der Waals surface area contributed by atoms with E-state index in [1.54, 1.807) is 6.08 Å². The van der Waals surface area contributed by atoms with Crippen LogP contribution in [-0.2, 0) is 14.3 Å². The molecule has 0 heterocycles. The number of aliphatic hydroxyl groups is 2. The number of esters is 1. The van der Waals surface area contributed by atoms with Crippen LogP contribution in [0.25, 0.3) is 0 Å². The molecule has 0 bridgehead atoms. The Morgan fingerprint density at radius 1 is 0.389 bits per heavy atom. The Hall–Kier alpha value is -1.92. The molecular weight excluding hydrogens is 887 g/mol. The summed E-state index contributed by atoms with van der Waals surface area (Å²) in [5.74, 6) is -0.0612. The topological polar surface area (TPSA) is 95.9 Å². The zero-order chi connectivity index (χ0) is 52.2. The first-order valence-corrected chi connectivity index (χ1v) is 32.3. The Labute approximate surface area is 449 Å². The van der Waals surface area contributed by atoms with Gasteiger partial charge in [0.2, 0.25) is 5.91 Å². The Morgan fingerprint density at radius 3 is 1.06 bits per heavy atom. The normalized spacial score (nSPS) is 12.8. The zero-order valence-corrected chi connectivity index (χ0v) is 48.4. The molecule has 0 aliphatic heterocycles. The number of hydrogen-bond donors (Lipinski definition) is 3. The monoisotopic (exact) mass is 1010 g/mol. The van der Waals surface area contributed by atoms with E-state index in [-0.39, 0.29) is 18.5 Å². The van der Waals surface area contributed by atoms with Crippen molar-refractivity contribution < 1.29 is 24.5 Å². The number of nitrogens with one attached hydrogen (secondary N) is 1. The number of allylic oxidation sites excluding steroid dienone is 5. The number of amides is 1. The standard InChI is InChI=1S/C66H125NO5/c1-3-5-7-9-11-13-15-17-30-34-38-42-46-50-54-58-64(69)63(62-68)67-65(70)59-55-51-47-43-39-35-32-28-26-24-22-20-19-21-23-25-27-29-33-37-41-45-49-53-57-61-72-66(71)60-56-52-48-44-40-36-31-18-16-14-12-10-8-6-4-2/h20-23,54,58,63-64,68-69H,3-19,24-53,55-57,59-62H2,1-2H3,(H,67,70)/b22-20-,23-21-,58-54+. The van der Waals surface area contributed by atoms with Crippen molar-refractivity contribution in [2.75, 3.05) is 13.2 Å². The van der Waals surface area contributed by atoms with Crippen LogP contribution in [0, 0.1) is 0 Å². The number of ether oxygens (including phenoxy) is 1. The van der Waals surface area contributed by atoms with Crippen molar-refractivity contribution in [3.05, 3.63) is 36.5 Å². The Kier molecular flexibility index (Phi) is 60.0. The third kappa shape index (κ3) is 57.4. The van der Waals surface area contributed by atoms with Gasteiger partial charge >= 0.3 is 5.97 Å². The van der Waals surface area contributed by atoms with Gasteiger partial charge < -0.3 is 20.3 Å². The maximum atomic E-state index is 12.5. The summed E-state index contributed by atoms with van der Waals surface area (Å²) in [4.78, 5) is 24.5. The molecule has 0 aromatic heterocycles. The fourth-order valence-corrected chi connectivity index (χ4v) is 9.96. The van der Waals surface area contributed by atoms with E-state index in [0.29, 0.717) is 19.4 Å². The largest absolute Gasteiger partial charge is 0.466 e. The van der Waals surface area contributed by atoms with Gasteiger partial charge in [-0.05, 0) is 64.2 Å². The molecule has 0 aromatic rings. The molecule has 2 atom stereocenters. The highest BCUT2D eigenvalue weighted by Gasteiger charge is 2.18. The molecule has 2 unspecified atom stereocenters. The molecule has 0 radical (unpaired) electrons. The second-order valence-corrected chi connectivity index (χ2v) is 22.1. The molecule has 6 heteroatoms. The zero-order valence-electron chi connectivity index (χ0n) is 48.4. The molecule has 0 fully saturated rings. The molecule has 0 spiro atoms. The van der Waals surface area contributed by atoms with Gasteiger partial charge in [-0.1, -0.05) is 307 Å². The molecule has 1 amide bonds. The minimum atomic E-state index is -0.848. The van der Waals surface area contributed by atoms with E-state index >= 15 is 0 Å². The van der Waals surface area contributed by atoms with Crippen LogP contribution >= 0.6 is 0 Å². The summed E-state index contributed by atoms with van der Waals surface area (Å²) in [5.41, 5.74) is 0. The van der Waals surface area contributed by atoms with Crippen molar-refractivity contribution >= 4 is 11.9 Å². The van der Waals surface area contributed by atoms with Crippen LogP contribution < -0.4 is 5.32 Å². The first kappa shape index (κ1) is 70.1. The van der Waals surface area contributed by atoms with Gasteiger partial charge in [-0.15, -0.1) is 0 Å². The molecule has 0 saturated carbocycles. The van der Waals surface area contributed by atoms with E-state index in [9.17, 15) is 19.8 Å². The fourth-order valence-electron chi connectivity index (χ4n) is 9.96. The number of hydrogen-bond acceptors (Lipinski definition) is 5. The predicted molar refractivity (Wildman–Crippen MR) is 315 cm³/mol. The lowest BCUT2D eigenvalue weighted by Crippen LogP contribution is -2.45. The lowest BCUT2D eigenvalue weighted by molar-refractivity contribution is -0.143. The average Bonchev–Trinajstić information content (AvgIpc) is 3.38. The SMILES string of the molecule is CCCCCCCCCCCCCCC/C=C/C(O)C(CO)NC(=O)CCCCCCCCCCC/C=C\C/C=C\CCCCCCCCCCCOC(=O)CCCCCCCCCCCCCCCCC. The van der Waals surface area contributed by atoms with E-state index in [1.807, 2.05) is 6.08 Å². The summed E-state index contributed by atoms with van der Waals surface area (Å²) in [6.07, 6.45) is 77.6. The van der Waals surface area contributed by atoms with Crippen molar-refractivity contribution in [1.29, 1.82) is 0 Å². The van der Waals surface area contributed by atoms with Crippen LogP contribution in [0.3, 0.4) is 0 Å². The molecule has 0 rings (SSSR count). The van der Waals surface area contributed by atoms with E-state index in [1.165, 1.54) is 276 Å². The highest BCUT2D eigenvalue weighted by molar-refractivity contribution is 5.76. The van der Waals surface area contributed by atoms with Crippen LogP contribution in [0.4, 0.5) is 0 Å². The summed E-state index contributed by atoms with van der Waals surface area (Å²) >= 11 is 0. The van der Waals surface area contributed by atoms with E-state index < -0.39 is 12.1 Å². The van der Waals surface area contributed by atoms with Crippen molar-refractivity contribution in [3.63, 3.8) is 0 Å². The third-order valence-electron chi connectivity index (χ3n) is 14.9. The maximum absolute atomic E-state index is 12.5. The van der Waals surface area contributed by atoms with Crippen molar-refractivity contribution in [3.8, 4) is 0 Å². The number of rotatable bonds is 60. The molecule has 72 heavy (non-hydrogen) atoms. The second kappa shape index (κ2) is 61.6. The Bertz CT molecular complexity index is 1170. The minimum absolute atomic E-state index is 0.0116. The Balaban J connectivity index is 3.44. The van der Waals surface area contributed by atoms with Gasteiger partial charge in [-0.3, -0.25) is 9.59 Å². The number of carbonyl (C=O) groups is 2. The second-order valence-electron chi connectivity index (χ2n) is 22.1. The van der Waals surface area contributed by atoms with Crippen LogP contribution in [-0.4, -0.2) is 47.4 Å². The van der Waals surface area contributed by atoms with Crippen LogP contribution in [0.15, 0.2) is 36.5 Å². The van der Waals surface area contributed by atoms with Crippen molar-refractivity contribution in [1.82, 2.24) is 5.32 Å². The molecule has 0 saturated heterocycles. The van der Waals surface area contributed by atoms with Gasteiger partial charge in [-0.2, -0.15) is 0 Å². The molecule has 424 valence electrons. The summed E-state index contributed by atoms with van der Waals surface area (Å²) in [7, 11) is 0. The highest BCUT2D eigenvalue weighted by Crippen LogP contribution is 2.17. The summed E-state index contributed by atoms with van der Waals surface area (Å²) in [6, 6.07) is -0.632. The molecule has 0 aromatic carbocycles. The minimum Gasteiger partial charge on any atom is -0.466 e. The van der Waals surface area contributed by atoms with Crippen LogP contribution in [0.1, 0.15) is 348 Å². The van der Waals surface area contributed by atoms with Gasteiger partial charge in [0.05, 0.1) is 25.4 Å². The third-order valence-corrected chi connectivity index (χ3v) is 14.9. The number of unbranched alkanes of at least 4 members (excludes halogenated alkanes) is 45. The highest BCUT2D eigenvalue weighted by atomic mass is 16.5.